The van der Waals surface area contributed by atoms with Crippen LogP contribution in [0.15, 0.2) is 29.2 Å². The minimum atomic E-state index is -3.73. The summed E-state index contributed by atoms with van der Waals surface area (Å²) in [5.41, 5.74) is 0.997. The lowest BCUT2D eigenvalue weighted by Gasteiger charge is -2.08. The Labute approximate surface area is 202 Å². The number of unbranched alkanes of at least 4 members (excludes halogenated alkanes) is 10. The molecule has 0 N–H and O–H groups in total. The van der Waals surface area contributed by atoms with Gasteiger partial charge in [-0.05, 0) is 25.5 Å². The van der Waals surface area contributed by atoms with Crippen molar-refractivity contribution in [1.82, 2.24) is 0 Å². The zero-order valence-electron chi connectivity index (χ0n) is 20.9. The average molecular weight is 487 g/mol. The Bertz CT molecular complexity index is 660. The van der Waals surface area contributed by atoms with Gasteiger partial charge in [0.25, 0.3) is 10.1 Å². The fraction of sp³-hybridized carbons (Fsp3) is 0.769. The quantitative estimate of drug-likeness (QED) is 0.138. The van der Waals surface area contributed by atoms with E-state index < -0.39 is 10.1 Å². The molecule has 192 valence electrons. The summed E-state index contributed by atoms with van der Waals surface area (Å²) in [7, 11) is -3.73. The van der Waals surface area contributed by atoms with Gasteiger partial charge in [-0.2, -0.15) is 8.42 Å². The molecule has 0 aromatic heterocycles. The summed E-state index contributed by atoms with van der Waals surface area (Å²) in [5, 5.41) is 0. The van der Waals surface area contributed by atoms with E-state index in [1.807, 2.05) is 6.92 Å². The van der Waals surface area contributed by atoms with Crippen molar-refractivity contribution < 1.29 is 26.8 Å². The van der Waals surface area contributed by atoms with Crippen LogP contribution in [0.5, 0.6) is 0 Å². The lowest BCUT2D eigenvalue weighted by molar-refractivity contribution is 0.00912. The predicted molar refractivity (Wildman–Crippen MR) is 133 cm³/mol. The van der Waals surface area contributed by atoms with E-state index in [4.69, 9.17) is 18.4 Å². The molecule has 6 nitrogen and oxygen atoms in total. The fourth-order valence-electron chi connectivity index (χ4n) is 3.39. The van der Waals surface area contributed by atoms with Gasteiger partial charge in [-0.3, -0.25) is 4.18 Å². The van der Waals surface area contributed by atoms with Gasteiger partial charge in [0.1, 0.15) is 0 Å². The Morgan fingerprint density at radius 3 is 1.52 bits per heavy atom. The van der Waals surface area contributed by atoms with Crippen molar-refractivity contribution in [3.8, 4) is 0 Å². The maximum atomic E-state index is 12.0. The summed E-state index contributed by atoms with van der Waals surface area (Å²) in [4.78, 5) is 0.157. The van der Waals surface area contributed by atoms with Crippen LogP contribution >= 0.6 is 0 Å². The van der Waals surface area contributed by atoms with Crippen LogP contribution in [-0.2, 0) is 28.5 Å². The molecule has 1 aromatic rings. The summed E-state index contributed by atoms with van der Waals surface area (Å²) in [6.45, 7) is 7.12. The van der Waals surface area contributed by atoms with Crippen LogP contribution < -0.4 is 0 Å². The zero-order chi connectivity index (χ0) is 24.0. The molecule has 0 spiro atoms. The van der Waals surface area contributed by atoms with Crippen LogP contribution in [-0.4, -0.2) is 54.7 Å². The second-order valence-corrected chi connectivity index (χ2v) is 10.1. The third-order valence-corrected chi connectivity index (χ3v) is 6.74. The maximum Gasteiger partial charge on any atom is 0.297 e. The molecule has 0 atom stereocenters. The van der Waals surface area contributed by atoms with Crippen molar-refractivity contribution in [2.75, 3.05) is 46.2 Å². The van der Waals surface area contributed by atoms with Gasteiger partial charge in [-0.15, -0.1) is 0 Å². The second kappa shape index (κ2) is 20.4. The van der Waals surface area contributed by atoms with Gasteiger partial charge < -0.3 is 14.2 Å². The monoisotopic (exact) mass is 486 g/mol. The molecule has 33 heavy (non-hydrogen) atoms. The summed E-state index contributed by atoms with van der Waals surface area (Å²) in [6, 6.07) is 6.56. The lowest BCUT2D eigenvalue weighted by Crippen LogP contribution is -2.14. The molecule has 0 heterocycles. The first-order chi connectivity index (χ1) is 16.1. The Morgan fingerprint density at radius 2 is 1.00 bits per heavy atom. The Hall–Kier alpha value is -0.990. The third-order valence-electron chi connectivity index (χ3n) is 5.41. The van der Waals surface area contributed by atoms with Crippen LogP contribution in [0.3, 0.4) is 0 Å². The number of rotatable bonds is 23. The summed E-state index contributed by atoms with van der Waals surface area (Å²) in [5.74, 6) is 0. The number of hydrogen-bond acceptors (Lipinski definition) is 6. The molecule has 7 heteroatoms. The second-order valence-electron chi connectivity index (χ2n) is 8.46. The van der Waals surface area contributed by atoms with E-state index in [-0.39, 0.29) is 18.1 Å². The number of aryl methyl sites for hydroxylation is 1. The molecule has 0 unspecified atom stereocenters. The van der Waals surface area contributed by atoms with Gasteiger partial charge in [-0.25, -0.2) is 0 Å². The average Bonchev–Trinajstić information content (AvgIpc) is 2.80. The summed E-state index contributed by atoms with van der Waals surface area (Å²) < 4.78 is 45.4. The van der Waals surface area contributed by atoms with E-state index in [9.17, 15) is 8.42 Å². The van der Waals surface area contributed by atoms with E-state index in [1.54, 1.807) is 24.3 Å². The van der Waals surface area contributed by atoms with E-state index in [1.165, 1.54) is 64.2 Å². The third kappa shape index (κ3) is 17.1. The molecule has 0 aliphatic rings. The molecular weight excluding hydrogens is 440 g/mol. The number of benzene rings is 1. The first-order valence-corrected chi connectivity index (χ1v) is 14.2. The van der Waals surface area contributed by atoms with Crippen LogP contribution in [0, 0.1) is 6.92 Å². The largest absolute Gasteiger partial charge is 0.379 e. The van der Waals surface area contributed by atoms with Crippen LogP contribution in [0.2, 0.25) is 0 Å². The van der Waals surface area contributed by atoms with Crippen molar-refractivity contribution in [3.05, 3.63) is 29.8 Å². The first-order valence-electron chi connectivity index (χ1n) is 12.8. The molecule has 1 rings (SSSR count). The summed E-state index contributed by atoms with van der Waals surface area (Å²) >= 11 is 0. The van der Waals surface area contributed by atoms with Crippen LogP contribution in [0.4, 0.5) is 0 Å². The molecule has 0 fully saturated rings. The van der Waals surface area contributed by atoms with Gasteiger partial charge in [0.15, 0.2) is 0 Å². The van der Waals surface area contributed by atoms with Crippen molar-refractivity contribution in [3.63, 3.8) is 0 Å². The van der Waals surface area contributed by atoms with E-state index in [0.717, 1.165) is 18.6 Å². The van der Waals surface area contributed by atoms with E-state index in [2.05, 4.69) is 6.92 Å². The lowest BCUT2D eigenvalue weighted by atomic mass is 10.1. The van der Waals surface area contributed by atoms with E-state index in [0.29, 0.717) is 26.4 Å². The summed E-state index contributed by atoms with van der Waals surface area (Å²) in [6.07, 6.45) is 14.7. The van der Waals surface area contributed by atoms with Crippen LogP contribution in [0.1, 0.15) is 83.1 Å². The topological polar surface area (TPSA) is 71.1 Å². The van der Waals surface area contributed by atoms with Crippen molar-refractivity contribution in [1.29, 1.82) is 0 Å². The normalized spacial score (nSPS) is 11.8. The van der Waals surface area contributed by atoms with Gasteiger partial charge in [0.2, 0.25) is 0 Å². The smallest absolute Gasteiger partial charge is 0.297 e. The van der Waals surface area contributed by atoms with Crippen molar-refractivity contribution in [2.24, 2.45) is 0 Å². The number of ether oxygens (including phenoxy) is 3. The van der Waals surface area contributed by atoms with E-state index >= 15 is 0 Å². The molecule has 0 aliphatic carbocycles. The number of hydrogen-bond donors (Lipinski definition) is 0. The highest BCUT2D eigenvalue weighted by Crippen LogP contribution is 2.13. The zero-order valence-corrected chi connectivity index (χ0v) is 21.7. The van der Waals surface area contributed by atoms with Gasteiger partial charge >= 0.3 is 0 Å². The molecule has 0 bridgehead atoms. The molecule has 0 radical (unpaired) electrons. The Morgan fingerprint density at radius 1 is 0.576 bits per heavy atom. The molecular formula is C26H46O6S. The standard InChI is InChI=1S/C26H46O6S/c1-3-4-5-6-7-8-9-10-11-12-13-18-29-19-20-30-21-22-31-23-24-32-33(27,28)26-16-14-25(2)15-17-26/h14-17H,3-13,18-24H2,1-2H3. The van der Waals surface area contributed by atoms with Crippen molar-refractivity contribution in [2.45, 2.75) is 89.4 Å². The molecule has 1 aromatic carbocycles. The molecule has 0 amide bonds. The molecule has 0 aliphatic heterocycles. The molecule has 0 saturated heterocycles. The van der Waals surface area contributed by atoms with Crippen molar-refractivity contribution >= 4 is 10.1 Å². The van der Waals surface area contributed by atoms with Crippen LogP contribution in [0.25, 0.3) is 0 Å². The van der Waals surface area contributed by atoms with Gasteiger partial charge in [0.05, 0.1) is 44.5 Å². The highest BCUT2D eigenvalue weighted by Gasteiger charge is 2.14. The Kier molecular flexibility index (Phi) is 18.6. The first kappa shape index (κ1) is 30.0. The maximum absolute atomic E-state index is 12.0. The van der Waals surface area contributed by atoms with Gasteiger partial charge in [-0.1, -0.05) is 88.8 Å². The molecule has 0 saturated carbocycles. The van der Waals surface area contributed by atoms with Gasteiger partial charge in [0, 0.05) is 6.61 Å². The fourth-order valence-corrected chi connectivity index (χ4v) is 4.28. The Balaban J connectivity index is 1.79. The highest BCUT2D eigenvalue weighted by molar-refractivity contribution is 7.86. The minimum Gasteiger partial charge on any atom is -0.379 e. The SMILES string of the molecule is CCCCCCCCCCCCCOCCOCCOCCOS(=O)(=O)c1ccc(C)cc1. The predicted octanol–water partition coefficient (Wildman–Crippen LogP) is 6.06. The minimum absolute atomic E-state index is 0.0156. The highest BCUT2D eigenvalue weighted by atomic mass is 32.2.